The standard InChI is InChI=1S/C14H16F2O5/c1-2-21-11(17)6-5-8-3-4-9(12(18)14(19)20)7-10(8)13(15)16/h3-4,7,12-13,18H,2,5-6H2,1H3,(H,19,20). The van der Waals surface area contributed by atoms with Crippen molar-refractivity contribution in [3.05, 3.63) is 34.9 Å². The van der Waals surface area contributed by atoms with Gasteiger partial charge in [-0.1, -0.05) is 12.1 Å². The molecule has 2 N–H and O–H groups in total. The molecule has 0 fully saturated rings. The summed E-state index contributed by atoms with van der Waals surface area (Å²) >= 11 is 0. The third kappa shape index (κ3) is 4.78. The van der Waals surface area contributed by atoms with E-state index in [1.165, 1.54) is 12.1 Å². The molecule has 0 spiro atoms. The average Bonchev–Trinajstić information content (AvgIpc) is 2.44. The lowest BCUT2D eigenvalue weighted by molar-refractivity contribution is -0.147. The number of aliphatic hydroxyl groups is 1. The summed E-state index contributed by atoms with van der Waals surface area (Å²) in [5.41, 5.74) is -0.297. The van der Waals surface area contributed by atoms with Crippen LogP contribution in [-0.2, 0) is 20.7 Å². The lowest BCUT2D eigenvalue weighted by Gasteiger charge is -2.13. The Kier molecular flexibility index (Phi) is 6.23. The third-order valence-electron chi connectivity index (χ3n) is 2.86. The molecule has 0 radical (unpaired) electrons. The molecule has 116 valence electrons. The Bertz CT molecular complexity index is 516. The Morgan fingerprint density at radius 2 is 2.00 bits per heavy atom. The lowest BCUT2D eigenvalue weighted by atomic mass is 9.98. The van der Waals surface area contributed by atoms with E-state index >= 15 is 0 Å². The number of esters is 1. The van der Waals surface area contributed by atoms with E-state index in [9.17, 15) is 23.5 Å². The number of aliphatic hydroxyl groups excluding tert-OH is 1. The zero-order valence-corrected chi connectivity index (χ0v) is 11.4. The van der Waals surface area contributed by atoms with Crippen LogP contribution in [0.3, 0.4) is 0 Å². The number of carboxylic acids is 1. The number of hydrogen-bond acceptors (Lipinski definition) is 4. The van der Waals surface area contributed by atoms with Crippen LogP contribution in [0.15, 0.2) is 18.2 Å². The van der Waals surface area contributed by atoms with Crippen molar-refractivity contribution in [1.82, 2.24) is 0 Å². The number of ether oxygens (including phenoxy) is 1. The fourth-order valence-electron chi connectivity index (χ4n) is 1.83. The summed E-state index contributed by atoms with van der Waals surface area (Å²) in [4.78, 5) is 21.9. The molecule has 0 heterocycles. The molecule has 0 aliphatic carbocycles. The lowest BCUT2D eigenvalue weighted by Crippen LogP contribution is -2.12. The highest BCUT2D eigenvalue weighted by atomic mass is 19.3. The molecule has 1 atom stereocenters. The highest BCUT2D eigenvalue weighted by molar-refractivity contribution is 5.74. The zero-order chi connectivity index (χ0) is 16.0. The summed E-state index contributed by atoms with van der Waals surface area (Å²) in [7, 11) is 0. The van der Waals surface area contributed by atoms with Gasteiger partial charge < -0.3 is 14.9 Å². The predicted molar refractivity (Wildman–Crippen MR) is 68.9 cm³/mol. The number of alkyl halides is 2. The van der Waals surface area contributed by atoms with E-state index in [0.717, 1.165) is 6.07 Å². The first-order valence-electron chi connectivity index (χ1n) is 6.34. The summed E-state index contributed by atoms with van der Waals surface area (Å²) in [5, 5.41) is 18.0. The highest BCUT2D eigenvalue weighted by Crippen LogP contribution is 2.27. The summed E-state index contributed by atoms with van der Waals surface area (Å²) in [5.74, 6) is -2.01. The fourth-order valence-corrected chi connectivity index (χ4v) is 1.83. The number of halogens is 2. The van der Waals surface area contributed by atoms with Crippen molar-refractivity contribution in [3.8, 4) is 0 Å². The molecule has 0 saturated heterocycles. The highest BCUT2D eigenvalue weighted by Gasteiger charge is 2.20. The third-order valence-corrected chi connectivity index (χ3v) is 2.86. The van der Waals surface area contributed by atoms with Gasteiger partial charge in [-0.25, -0.2) is 13.6 Å². The van der Waals surface area contributed by atoms with E-state index in [2.05, 4.69) is 0 Å². The van der Waals surface area contributed by atoms with E-state index in [1.54, 1.807) is 6.92 Å². The van der Waals surface area contributed by atoms with Crippen LogP contribution in [0.25, 0.3) is 0 Å². The van der Waals surface area contributed by atoms with E-state index in [0.29, 0.717) is 0 Å². The number of rotatable bonds is 7. The molecule has 0 amide bonds. The first kappa shape index (κ1) is 17.0. The van der Waals surface area contributed by atoms with Crippen LogP contribution in [0.5, 0.6) is 0 Å². The van der Waals surface area contributed by atoms with Crippen LogP contribution in [0.4, 0.5) is 8.78 Å². The monoisotopic (exact) mass is 302 g/mol. The molecular weight excluding hydrogens is 286 g/mol. The second kappa shape index (κ2) is 7.68. The first-order valence-corrected chi connectivity index (χ1v) is 6.34. The number of carbonyl (C=O) groups excluding carboxylic acids is 1. The summed E-state index contributed by atoms with van der Waals surface area (Å²) in [6, 6.07) is 3.50. The van der Waals surface area contributed by atoms with Gasteiger partial charge in [0.05, 0.1) is 6.61 Å². The van der Waals surface area contributed by atoms with Crippen molar-refractivity contribution >= 4 is 11.9 Å². The molecule has 21 heavy (non-hydrogen) atoms. The number of hydrogen-bond donors (Lipinski definition) is 2. The van der Waals surface area contributed by atoms with Crippen molar-refractivity contribution < 1.29 is 33.3 Å². The second-order valence-electron chi connectivity index (χ2n) is 4.30. The molecule has 0 aromatic heterocycles. The number of aryl methyl sites for hydroxylation is 1. The molecule has 1 aromatic carbocycles. The summed E-state index contributed by atoms with van der Waals surface area (Å²) in [6.45, 7) is 1.86. The molecule has 0 aliphatic heterocycles. The molecule has 0 aliphatic rings. The van der Waals surface area contributed by atoms with Gasteiger partial charge in [0.1, 0.15) is 0 Å². The number of aliphatic carboxylic acids is 1. The molecular formula is C14H16F2O5. The Hall–Kier alpha value is -2.02. The van der Waals surface area contributed by atoms with Crippen LogP contribution in [0, 0.1) is 0 Å². The topological polar surface area (TPSA) is 83.8 Å². The van der Waals surface area contributed by atoms with Gasteiger partial charge >= 0.3 is 11.9 Å². The maximum Gasteiger partial charge on any atom is 0.337 e. The Labute approximate surface area is 120 Å². The van der Waals surface area contributed by atoms with Crippen LogP contribution < -0.4 is 0 Å². The largest absolute Gasteiger partial charge is 0.479 e. The van der Waals surface area contributed by atoms with Crippen molar-refractivity contribution in [1.29, 1.82) is 0 Å². The van der Waals surface area contributed by atoms with E-state index in [1.807, 2.05) is 0 Å². The van der Waals surface area contributed by atoms with Crippen molar-refractivity contribution in [2.24, 2.45) is 0 Å². The van der Waals surface area contributed by atoms with Gasteiger partial charge in [0.15, 0.2) is 6.10 Å². The molecule has 1 unspecified atom stereocenters. The Morgan fingerprint density at radius 3 is 2.52 bits per heavy atom. The second-order valence-corrected chi connectivity index (χ2v) is 4.30. The number of carboxylic acid groups (broad SMARTS) is 1. The van der Waals surface area contributed by atoms with Crippen LogP contribution in [-0.4, -0.2) is 28.8 Å². The van der Waals surface area contributed by atoms with Crippen LogP contribution >= 0.6 is 0 Å². The van der Waals surface area contributed by atoms with Crippen molar-refractivity contribution in [3.63, 3.8) is 0 Å². The molecule has 7 heteroatoms. The van der Waals surface area contributed by atoms with Gasteiger partial charge in [-0.15, -0.1) is 0 Å². The normalized spacial score (nSPS) is 12.2. The summed E-state index contributed by atoms with van der Waals surface area (Å²) < 4.78 is 30.7. The average molecular weight is 302 g/mol. The molecule has 0 bridgehead atoms. The molecule has 1 rings (SSSR count). The van der Waals surface area contributed by atoms with Gasteiger partial charge in [-0.2, -0.15) is 0 Å². The summed E-state index contributed by atoms with van der Waals surface area (Å²) in [6.07, 6.45) is -4.68. The SMILES string of the molecule is CCOC(=O)CCc1ccc(C(O)C(=O)O)cc1C(F)F. The predicted octanol–water partition coefficient (Wildman–Crippen LogP) is 2.24. The quantitative estimate of drug-likeness (QED) is 0.755. The van der Waals surface area contributed by atoms with Gasteiger partial charge in [-0.05, 0) is 30.5 Å². The number of benzene rings is 1. The van der Waals surface area contributed by atoms with E-state index in [-0.39, 0.29) is 30.6 Å². The molecule has 0 saturated carbocycles. The van der Waals surface area contributed by atoms with E-state index < -0.39 is 30.0 Å². The Morgan fingerprint density at radius 1 is 1.33 bits per heavy atom. The van der Waals surface area contributed by atoms with Gasteiger partial charge in [0.2, 0.25) is 0 Å². The minimum atomic E-state index is -2.83. The van der Waals surface area contributed by atoms with Gasteiger partial charge in [0, 0.05) is 12.0 Å². The molecule has 5 nitrogen and oxygen atoms in total. The van der Waals surface area contributed by atoms with Crippen LogP contribution in [0.1, 0.15) is 42.6 Å². The maximum absolute atomic E-state index is 13.0. The van der Waals surface area contributed by atoms with Crippen LogP contribution in [0.2, 0.25) is 0 Å². The Balaban J connectivity index is 2.94. The fraction of sp³-hybridized carbons (Fsp3) is 0.429. The minimum absolute atomic E-state index is 0.0472. The van der Waals surface area contributed by atoms with E-state index in [4.69, 9.17) is 9.84 Å². The van der Waals surface area contributed by atoms with Gasteiger partial charge in [0.25, 0.3) is 6.43 Å². The minimum Gasteiger partial charge on any atom is -0.479 e. The molecule has 1 aromatic rings. The van der Waals surface area contributed by atoms with Gasteiger partial charge in [-0.3, -0.25) is 4.79 Å². The van der Waals surface area contributed by atoms with Crippen molar-refractivity contribution in [2.75, 3.05) is 6.61 Å². The maximum atomic E-state index is 13.0. The smallest absolute Gasteiger partial charge is 0.337 e. The number of carbonyl (C=O) groups is 2. The zero-order valence-electron chi connectivity index (χ0n) is 11.4. The van der Waals surface area contributed by atoms with Crippen molar-refractivity contribution in [2.45, 2.75) is 32.3 Å². The first-order chi connectivity index (χ1) is 9.86.